The van der Waals surface area contributed by atoms with Gasteiger partial charge in [0.1, 0.15) is 6.04 Å². The van der Waals surface area contributed by atoms with E-state index in [1.54, 1.807) is 0 Å². The topological polar surface area (TPSA) is 51.6 Å². The largest absolute Gasteiger partial charge is 0.454 e. The molecule has 0 bridgehead atoms. The summed E-state index contributed by atoms with van der Waals surface area (Å²) in [5.74, 6) is 1.47. The van der Waals surface area contributed by atoms with Crippen molar-refractivity contribution in [2.75, 3.05) is 11.7 Å². The summed E-state index contributed by atoms with van der Waals surface area (Å²) in [5, 5.41) is 4.16. The third-order valence-electron chi connectivity index (χ3n) is 5.85. The average Bonchev–Trinajstić information content (AvgIpc) is 3.57. The molecule has 1 N–H and O–H groups in total. The van der Waals surface area contributed by atoms with Crippen molar-refractivity contribution in [2.24, 2.45) is 0 Å². The zero-order chi connectivity index (χ0) is 21.5. The Hall–Kier alpha value is -3.84. The van der Waals surface area contributed by atoms with Gasteiger partial charge in [0.25, 0.3) is 0 Å². The number of nitrogens with zero attached hydrogens (tertiary/aromatic N) is 3. The van der Waals surface area contributed by atoms with Crippen LogP contribution in [0.25, 0.3) is 5.69 Å². The number of pyridine rings is 1. The molecule has 158 valence electrons. The first-order valence-electron chi connectivity index (χ1n) is 10.4. The summed E-state index contributed by atoms with van der Waals surface area (Å²) in [5.41, 5.74) is 4.08. The van der Waals surface area contributed by atoms with E-state index in [-0.39, 0.29) is 18.9 Å². The second kappa shape index (κ2) is 7.69. The number of benzene rings is 2. The van der Waals surface area contributed by atoms with Gasteiger partial charge in [-0.05, 0) is 60.7 Å². The standard InChI is InChI=1S/C25H20N4O2S/c32-25-27-23(19-9-4-5-13-26-19)24(20-10-6-14-28(20)17-7-2-1-3-8-17)29(25)18-11-12-21-22(15-18)31-16-30-21/h1-15,23-24H,16H2,(H,27,32)/t23-,24-/m1/s1. The maximum atomic E-state index is 5.84. The first kappa shape index (κ1) is 18.9. The fraction of sp³-hybridized carbons (Fsp3) is 0.120. The molecule has 0 radical (unpaired) electrons. The molecule has 0 unspecified atom stereocenters. The van der Waals surface area contributed by atoms with E-state index in [0.29, 0.717) is 5.11 Å². The smallest absolute Gasteiger partial charge is 0.231 e. The second-order valence-corrected chi connectivity index (χ2v) is 8.06. The number of thiocarbonyl (C=S) groups is 1. The number of nitrogens with one attached hydrogen (secondary N) is 1. The van der Waals surface area contributed by atoms with Crippen LogP contribution in [0.15, 0.2) is 91.3 Å². The van der Waals surface area contributed by atoms with Crippen molar-refractivity contribution in [1.29, 1.82) is 0 Å². The molecule has 1 saturated heterocycles. The van der Waals surface area contributed by atoms with Crippen LogP contribution in [0.4, 0.5) is 5.69 Å². The van der Waals surface area contributed by atoms with Crippen LogP contribution in [0.5, 0.6) is 11.5 Å². The fourth-order valence-electron chi connectivity index (χ4n) is 4.43. The van der Waals surface area contributed by atoms with E-state index in [9.17, 15) is 0 Å². The molecular formula is C25H20N4O2S. The monoisotopic (exact) mass is 440 g/mol. The van der Waals surface area contributed by atoms with Gasteiger partial charge in [0.15, 0.2) is 16.6 Å². The molecule has 4 heterocycles. The Bertz CT molecular complexity index is 1280. The molecule has 6 rings (SSSR count). The van der Waals surface area contributed by atoms with Gasteiger partial charge in [-0.15, -0.1) is 0 Å². The van der Waals surface area contributed by atoms with E-state index in [0.717, 1.165) is 34.3 Å². The molecule has 7 heteroatoms. The average molecular weight is 441 g/mol. The fourth-order valence-corrected chi connectivity index (χ4v) is 4.77. The summed E-state index contributed by atoms with van der Waals surface area (Å²) in [4.78, 5) is 6.79. The first-order chi connectivity index (χ1) is 15.8. The highest BCUT2D eigenvalue weighted by Gasteiger charge is 2.42. The van der Waals surface area contributed by atoms with Crippen LogP contribution in [0.1, 0.15) is 23.5 Å². The van der Waals surface area contributed by atoms with E-state index in [2.05, 4.69) is 50.2 Å². The molecular weight excluding hydrogens is 420 g/mol. The summed E-state index contributed by atoms with van der Waals surface area (Å²) < 4.78 is 13.3. The number of aromatic nitrogens is 2. The molecule has 6 nitrogen and oxygen atoms in total. The zero-order valence-corrected chi connectivity index (χ0v) is 17.9. The summed E-state index contributed by atoms with van der Waals surface area (Å²) in [6.07, 6.45) is 3.90. The van der Waals surface area contributed by atoms with Crippen molar-refractivity contribution in [3.05, 3.63) is 103 Å². The number of fused-ring (bicyclic) bond motifs is 1. The Morgan fingerprint density at radius 3 is 2.56 bits per heavy atom. The highest BCUT2D eigenvalue weighted by molar-refractivity contribution is 7.80. The van der Waals surface area contributed by atoms with E-state index in [4.69, 9.17) is 21.7 Å². The summed E-state index contributed by atoms with van der Waals surface area (Å²) in [6.45, 7) is 0.234. The van der Waals surface area contributed by atoms with Crippen LogP contribution in [-0.4, -0.2) is 21.5 Å². The summed E-state index contributed by atoms with van der Waals surface area (Å²) >= 11 is 5.84. The Balaban J connectivity index is 1.50. The van der Waals surface area contributed by atoms with Crippen molar-refractivity contribution in [3.8, 4) is 17.2 Å². The predicted octanol–water partition coefficient (Wildman–Crippen LogP) is 4.78. The highest BCUT2D eigenvalue weighted by atomic mass is 32.1. The quantitative estimate of drug-likeness (QED) is 0.461. The van der Waals surface area contributed by atoms with Gasteiger partial charge in [0.05, 0.1) is 11.7 Å². The second-order valence-electron chi connectivity index (χ2n) is 7.67. The number of hydrogen-bond acceptors (Lipinski definition) is 4. The number of hydrogen-bond donors (Lipinski definition) is 1. The van der Waals surface area contributed by atoms with Gasteiger partial charge in [0, 0.05) is 35.5 Å². The van der Waals surface area contributed by atoms with Gasteiger partial charge in [-0.3, -0.25) is 4.98 Å². The van der Waals surface area contributed by atoms with Crippen LogP contribution in [0.3, 0.4) is 0 Å². The van der Waals surface area contributed by atoms with Crippen LogP contribution >= 0.6 is 12.2 Å². The third-order valence-corrected chi connectivity index (χ3v) is 6.16. The van der Waals surface area contributed by atoms with Crippen molar-refractivity contribution >= 4 is 23.0 Å². The molecule has 2 atom stereocenters. The van der Waals surface area contributed by atoms with Crippen LogP contribution in [0, 0.1) is 0 Å². The molecule has 4 aromatic rings. The maximum Gasteiger partial charge on any atom is 0.231 e. The van der Waals surface area contributed by atoms with Crippen LogP contribution in [-0.2, 0) is 0 Å². The van der Waals surface area contributed by atoms with Gasteiger partial charge in [-0.1, -0.05) is 24.3 Å². The summed E-state index contributed by atoms with van der Waals surface area (Å²) in [7, 11) is 0. The number of para-hydroxylation sites is 1. The lowest BCUT2D eigenvalue weighted by atomic mass is 10.0. The van der Waals surface area contributed by atoms with Gasteiger partial charge in [0.2, 0.25) is 6.79 Å². The van der Waals surface area contributed by atoms with Crippen molar-refractivity contribution in [3.63, 3.8) is 0 Å². The minimum Gasteiger partial charge on any atom is -0.454 e. The number of rotatable bonds is 4. The molecule has 0 aliphatic carbocycles. The minimum atomic E-state index is -0.119. The SMILES string of the molecule is S=C1N[C@H](c2ccccn2)[C@@H](c2cccn2-c2ccccc2)N1c1ccc2c(c1)OCO2. The summed E-state index contributed by atoms with van der Waals surface area (Å²) in [6, 6.07) is 26.2. The maximum absolute atomic E-state index is 5.84. The minimum absolute atomic E-state index is 0.118. The third kappa shape index (κ3) is 3.09. The zero-order valence-electron chi connectivity index (χ0n) is 17.1. The molecule has 0 spiro atoms. The molecule has 2 aromatic carbocycles. The van der Waals surface area contributed by atoms with Crippen molar-refractivity contribution in [1.82, 2.24) is 14.9 Å². The first-order valence-corrected chi connectivity index (χ1v) is 10.8. The molecule has 32 heavy (non-hydrogen) atoms. The van der Waals surface area contributed by atoms with Gasteiger partial charge >= 0.3 is 0 Å². The van der Waals surface area contributed by atoms with E-state index in [1.807, 2.05) is 60.8 Å². The van der Waals surface area contributed by atoms with E-state index < -0.39 is 0 Å². The number of anilines is 1. The number of ether oxygens (including phenoxy) is 2. The lowest BCUT2D eigenvalue weighted by Gasteiger charge is -2.29. The Labute approximate surface area is 191 Å². The molecule has 2 aliphatic rings. The normalized spacial score (nSPS) is 19.2. The van der Waals surface area contributed by atoms with Crippen LogP contribution < -0.4 is 19.7 Å². The molecule has 2 aliphatic heterocycles. The van der Waals surface area contributed by atoms with Crippen molar-refractivity contribution in [2.45, 2.75) is 12.1 Å². The Kier molecular flexibility index (Phi) is 4.54. The lowest BCUT2D eigenvalue weighted by molar-refractivity contribution is 0.174. The molecule has 0 saturated carbocycles. The van der Waals surface area contributed by atoms with Gasteiger partial charge in [-0.25, -0.2) is 0 Å². The van der Waals surface area contributed by atoms with Crippen molar-refractivity contribution < 1.29 is 9.47 Å². The van der Waals surface area contributed by atoms with Gasteiger partial charge < -0.3 is 24.3 Å². The van der Waals surface area contributed by atoms with E-state index in [1.165, 1.54) is 0 Å². The van der Waals surface area contributed by atoms with E-state index >= 15 is 0 Å². The predicted molar refractivity (Wildman–Crippen MR) is 126 cm³/mol. The highest BCUT2D eigenvalue weighted by Crippen LogP contribution is 2.44. The van der Waals surface area contributed by atoms with Gasteiger partial charge in [-0.2, -0.15) is 0 Å². The molecule has 2 aromatic heterocycles. The molecule has 1 fully saturated rings. The molecule has 0 amide bonds. The van der Waals surface area contributed by atoms with Crippen LogP contribution in [0.2, 0.25) is 0 Å². The Morgan fingerprint density at radius 1 is 0.875 bits per heavy atom. The Morgan fingerprint density at radius 2 is 1.72 bits per heavy atom. The lowest BCUT2D eigenvalue weighted by Crippen LogP contribution is -2.30.